The first kappa shape index (κ1) is 14.7. The Morgan fingerprint density at radius 3 is 2.72 bits per heavy atom. The van der Waals surface area contributed by atoms with Gasteiger partial charge in [0.2, 0.25) is 5.82 Å². The van der Waals surface area contributed by atoms with E-state index in [-0.39, 0.29) is 11.5 Å². The fourth-order valence-electron chi connectivity index (χ4n) is 4.17. The van der Waals surface area contributed by atoms with Gasteiger partial charge in [-0.2, -0.15) is 4.52 Å². The Morgan fingerprint density at radius 1 is 1.16 bits per heavy atom. The predicted octanol–water partition coefficient (Wildman–Crippen LogP) is 3.19. The topological polar surface area (TPSA) is 59.2 Å². The molecular formula is C17H16F2N6. The Labute approximate surface area is 142 Å². The zero-order valence-corrected chi connectivity index (χ0v) is 13.4. The summed E-state index contributed by atoms with van der Waals surface area (Å²) in [5.74, 6) is 0.245. The van der Waals surface area contributed by atoms with E-state index in [1.807, 2.05) is 18.3 Å². The molecule has 1 aliphatic carbocycles. The summed E-state index contributed by atoms with van der Waals surface area (Å²) < 4.78 is 27.3. The second kappa shape index (κ2) is 5.18. The van der Waals surface area contributed by atoms with Crippen LogP contribution in [-0.2, 0) is 0 Å². The van der Waals surface area contributed by atoms with Crippen molar-refractivity contribution in [2.24, 2.45) is 5.41 Å². The molecule has 1 atom stereocenters. The number of rotatable bonds is 3. The number of pyridine rings is 1. The van der Waals surface area contributed by atoms with Gasteiger partial charge in [0.1, 0.15) is 5.82 Å². The van der Waals surface area contributed by atoms with E-state index in [1.54, 1.807) is 12.3 Å². The molecule has 4 heterocycles. The second-order valence-electron chi connectivity index (χ2n) is 6.85. The van der Waals surface area contributed by atoms with Gasteiger partial charge in [0.05, 0.1) is 6.04 Å². The maximum atomic E-state index is 13.1. The molecule has 25 heavy (non-hydrogen) atoms. The Bertz CT molecular complexity index is 921. The van der Waals surface area contributed by atoms with Gasteiger partial charge in [-0.25, -0.2) is 8.78 Å². The highest BCUT2D eigenvalue weighted by molar-refractivity contribution is 5.52. The highest BCUT2D eigenvalue weighted by Gasteiger charge is 2.56. The molecule has 1 saturated heterocycles. The summed E-state index contributed by atoms with van der Waals surface area (Å²) in [6, 6.07) is 7.71. The summed E-state index contributed by atoms with van der Waals surface area (Å²) in [5, 5.41) is 11.7. The lowest BCUT2D eigenvalue weighted by atomic mass is 9.56. The number of nitrogens with zero attached hydrogens (tertiary/aromatic N) is 6. The molecule has 0 aromatic carbocycles. The Balaban J connectivity index is 1.56. The standard InChI is InChI=1S/C17H16F2N6/c18-15(19)16-22-21-12-4-5-13(23-25(12)16)24-10-17(6-2-7-17)14(24)11-3-1-8-20-9-11/h1,3-5,8-9,14-15H,2,6-7,10H2. The van der Waals surface area contributed by atoms with Crippen LogP contribution >= 0.6 is 0 Å². The number of hydrogen-bond donors (Lipinski definition) is 0. The zero-order valence-electron chi connectivity index (χ0n) is 13.4. The molecule has 0 N–H and O–H groups in total. The molecule has 1 spiro atoms. The zero-order chi connectivity index (χ0) is 17.0. The maximum absolute atomic E-state index is 13.1. The maximum Gasteiger partial charge on any atom is 0.299 e. The van der Waals surface area contributed by atoms with Gasteiger partial charge in [-0.15, -0.1) is 15.3 Å². The first-order chi connectivity index (χ1) is 12.2. The summed E-state index contributed by atoms with van der Waals surface area (Å²) in [6.45, 7) is 0.886. The predicted molar refractivity (Wildman–Crippen MR) is 86.3 cm³/mol. The summed E-state index contributed by atoms with van der Waals surface area (Å²) in [6.07, 6.45) is 4.54. The van der Waals surface area contributed by atoms with Crippen molar-refractivity contribution in [3.05, 3.63) is 48.0 Å². The first-order valence-electron chi connectivity index (χ1n) is 8.35. The first-order valence-corrected chi connectivity index (χ1v) is 8.35. The van der Waals surface area contributed by atoms with Crippen LogP contribution in [0.4, 0.5) is 14.6 Å². The van der Waals surface area contributed by atoms with E-state index in [4.69, 9.17) is 0 Å². The quantitative estimate of drug-likeness (QED) is 0.732. The van der Waals surface area contributed by atoms with Gasteiger partial charge in [0, 0.05) is 24.4 Å². The number of hydrogen-bond acceptors (Lipinski definition) is 5. The minimum absolute atomic E-state index is 0.186. The van der Waals surface area contributed by atoms with Crippen molar-refractivity contribution in [2.45, 2.75) is 31.7 Å². The van der Waals surface area contributed by atoms with Gasteiger partial charge in [-0.05, 0) is 36.6 Å². The van der Waals surface area contributed by atoms with Crippen molar-refractivity contribution in [3.63, 3.8) is 0 Å². The van der Waals surface area contributed by atoms with Crippen molar-refractivity contribution in [1.29, 1.82) is 0 Å². The Morgan fingerprint density at radius 2 is 2.04 bits per heavy atom. The van der Waals surface area contributed by atoms with Crippen molar-refractivity contribution in [1.82, 2.24) is 24.8 Å². The molecule has 1 saturated carbocycles. The third-order valence-corrected chi connectivity index (χ3v) is 5.49. The lowest BCUT2D eigenvalue weighted by Crippen LogP contribution is -2.62. The molecule has 0 radical (unpaired) electrons. The average molecular weight is 342 g/mol. The molecule has 3 aromatic rings. The normalized spacial score (nSPS) is 21.6. The second-order valence-corrected chi connectivity index (χ2v) is 6.85. The van der Waals surface area contributed by atoms with E-state index in [9.17, 15) is 8.78 Å². The summed E-state index contributed by atoms with van der Waals surface area (Å²) in [7, 11) is 0. The molecule has 6 nitrogen and oxygen atoms in total. The third kappa shape index (κ3) is 2.06. The lowest BCUT2D eigenvalue weighted by molar-refractivity contribution is 0.0273. The van der Waals surface area contributed by atoms with Gasteiger partial charge >= 0.3 is 0 Å². The van der Waals surface area contributed by atoms with Crippen LogP contribution in [0.1, 0.15) is 43.1 Å². The fourth-order valence-corrected chi connectivity index (χ4v) is 4.17. The molecule has 0 bridgehead atoms. The van der Waals surface area contributed by atoms with Crippen LogP contribution in [-0.4, -0.2) is 31.3 Å². The molecule has 0 amide bonds. The molecule has 5 rings (SSSR count). The van der Waals surface area contributed by atoms with Crippen molar-refractivity contribution in [3.8, 4) is 0 Å². The van der Waals surface area contributed by atoms with Crippen LogP contribution in [0, 0.1) is 5.41 Å². The van der Waals surface area contributed by atoms with Gasteiger partial charge < -0.3 is 4.90 Å². The largest absolute Gasteiger partial charge is 0.347 e. The number of aromatic nitrogens is 5. The van der Waals surface area contributed by atoms with Gasteiger partial charge in [0.25, 0.3) is 6.43 Å². The third-order valence-electron chi connectivity index (χ3n) is 5.49. The Kier molecular flexibility index (Phi) is 3.04. The van der Waals surface area contributed by atoms with Gasteiger partial charge in [-0.3, -0.25) is 4.98 Å². The number of anilines is 1. The van der Waals surface area contributed by atoms with Crippen LogP contribution < -0.4 is 4.90 Å². The van der Waals surface area contributed by atoms with E-state index >= 15 is 0 Å². The molecule has 8 heteroatoms. The van der Waals surface area contributed by atoms with Crippen LogP contribution in [0.5, 0.6) is 0 Å². The van der Waals surface area contributed by atoms with E-state index in [2.05, 4.69) is 31.2 Å². The Hall–Kier alpha value is -2.64. The van der Waals surface area contributed by atoms with Gasteiger partial charge in [-0.1, -0.05) is 12.5 Å². The van der Waals surface area contributed by atoms with Crippen LogP contribution in [0.15, 0.2) is 36.7 Å². The monoisotopic (exact) mass is 342 g/mol. The number of halogens is 2. The molecule has 1 aliphatic heterocycles. The summed E-state index contributed by atoms with van der Waals surface area (Å²) in [5.41, 5.74) is 1.74. The highest BCUT2D eigenvalue weighted by Crippen LogP contribution is 2.61. The van der Waals surface area contributed by atoms with E-state index < -0.39 is 12.2 Å². The molecule has 128 valence electrons. The van der Waals surface area contributed by atoms with Crippen molar-refractivity contribution < 1.29 is 8.78 Å². The molecular weight excluding hydrogens is 326 g/mol. The number of fused-ring (bicyclic) bond motifs is 1. The molecule has 3 aromatic heterocycles. The van der Waals surface area contributed by atoms with Gasteiger partial charge in [0.15, 0.2) is 5.65 Å². The highest BCUT2D eigenvalue weighted by atomic mass is 19.3. The average Bonchev–Trinajstić information content (AvgIpc) is 2.97. The summed E-state index contributed by atoms with van der Waals surface area (Å²) in [4.78, 5) is 6.42. The van der Waals surface area contributed by atoms with Crippen molar-refractivity contribution >= 4 is 11.5 Å². The van der Waals surface area contributed by atoms with Crippen LogP contribution in [0.2, 0.25) is 0 Å². The van der Waals surface area contributed by atoms with E-state index in [0.717, 1.165) is 16.6 Å². The van der Waals surface area contributed by atoms with Crippen molar-refractivity contribution in [2.75, 3.05) is 11.4 Å². The van der Waals surface area contributed by atoms with Crippen LogP contribution in [0.3, 0.4) is 0 Å². The summed E-state index contributed by atoms with van der Waals surface area (Å²) >= 11 is 0. The molecule has 2 aliphatic rings. The van der Waals surface area contributed by atoms with E-state index in [1.165, 1.54) is 19.3 Å². The fraction of sp³-hybridized carbons (Fsp3) is 0.412. The molecule has 1 unspecified atom stereocenters. The van der Waals surface area contributed by atoms with Crippen LogP contribution in [0.25, 0.3) is 5.65 Å². The lowest BCUT2D eigenvalue weighted by Gasteiger charge is -2.62. The SMILES string of the molecule is FC(F)c1nnc2ccc(N3CC4(CCC4)C3c3cccnc3)nn12. The minimum Gasteiger partial charge on any atom is -0.347 e. The number of alkyl halides is 2. The molecule has 2 fully saturated rings. The minimum atomic E-state index is -2.71. The smallest absolute Gasteiger partial charge is 0.299 e. The van der Waals surface area contributed by atoms with E-state index in [0.29, 0.717) is 11.5 Å².